The summed E-state index contributed by atoms with van der Waals surface area (Å²) < 4.78 is 6.63. The zero-order valence-corrected chi connectivity index (χ0v) is 14.7. The van der Waals surface area contributed by atoms with E-state index < -0.39 is 5.97 Å². The Morgan fingerprint density at radius 3 is 2.69 bits per heavy atom. The number of esters is 1. The zero-order chi connectivity index (χ0) is 18.7. The molecule has 3 aromatic rings. The van der Waals surface area contributed by atoms with Gasteiger partial charge in [0.15, 0.2) is 0 Å². The predicted molar refractivity (Wildman–Crippen MR) is 98.7 cm³/mol. The number of pyridine rings is 1. The molecule has 0 amide bonds. The van der Waals surface area contributed by atoms with Gasteiger partial charge in [0.25, 0.3) is 0 Å². The SMILES string of the molecule is COC(=O)c1cc(-c2ccc(C#N)cc2)cn1Cc1cc(Cl)ncc1N. The first kappa shape index (κ1) is 17.5. The summed E-state index contributed by atoms with van der Waals surface area (Å²) in [6, 6.07) is 12.6. The highest BCUT2D eigenvalue weighted by Crippen LogP contribution is 2.25. The fraction of sp³-hybridized carbons (Fsp3) is 0.105. The van der Waals surface area contributed by atoms with Crippen molar-refractivity contribution in [2.24, 2.45) is 0 Å². The number of hydrogen-bond acceptors (Lipinski definition) is 5. The van der Waals surface area contributed by atoms with Gasteiger partial charge >= 0.3 is 5.97 Å². The number of anilines is 1. The van der Waals surface area contributed by atoms with Crippen molar-refractivity contribution < 1.29 is 9.53 Å². The maximum absolute atomic E-state index is 12.2. The molecule has 0 radical (unpaired) electrons. The third kappa shape index (κ3) is 3.53. The van der Waals surface area contributed by atoms with Gasteiger partial charge in [-0.15, -0.1) is 0 Å². The highest BCUT2D eigenvalue weighted by atomic mass is 35.5. The third-order valence-corrected chi connectivity index (χ3v) is 4.18. The Balaban J connectivity index is 2.03. The molecule has 7 heteroatoms. The van der Waals surface area contributed by atoms with Crippen LogP contribution in [0.1, 0.15) is 21.6 Å². The number of carbonyl (C=O) groups is 1. The summed E-state index contributed by atoms with van der Waals surface area (Å²) in [4.78, 5) is 16.1. The third-order valence-electron chi connectivity index (χ3n) is 3.97. The largest absolute Gasteiger partial charge is 0.464 e. The van der Waals surface area contributed by atoms with Crippen molar-refractivity contribution in [2.75, 3.05) is 12.8 Å². The molecule has 26 heavy (non-hydrogen) atoms. The molecule has 3 rings (SSSR count). The van der Waals surface area contributed by atoms with Gasteiger partial charge in [0.05, 0.1) is 37.2 Å². The van der Waals surface area contributed by atoms with Gasteiger partial charge in [0, 0.05) is 11.8 Å². The molecule has 0 fully saturated rings. The quantitative estimate of drug-likeness (QED) is 0.563. The first-order chi connectivity index (χ1) is 12.5. The number of rotatable bonds is 4. The number of methoxy groups -OCH3 is 1. The summed E-state index contributed by atoms with van der Waals surface area (Å²) in [5.41, 5.74) is 9.87. The molecule has 0 atom stereocenters. The number of benzene rings is 1. The Morgan fingerprint density at radius 1 is 1.31 bits per heavy atom. The van der Waals surface area contributed by atoms with E-state index in [9.17, 15) is 4.79 Å². The van der Waals surface area contributed by atoms with Crippen molar-refractivity contribution in [1.82, 2.24) is 9.55 Å². The predicted octanol–water partition coefficient (Wildman–Crippen LogP) is 3.49. The molecular weight excluding hydrogens is 352 g/mol. The van der Waals surface area contributed by atoms with Gasteiger partial charge in [-0.25, -0.2) is 9.78 Å². The van der Waals surface area contributed by atoms with E-state index in [1.807, 2.05) is 18.3 Å². The Hall–Kier alpha value is -3.30. The number of nitriles is 1. The van der Waals surface area contributed by atoms with Crippen LogP contribution in [0.4, 0.5) is 5.69 Å². The van der Waals surface area contributed by atoms with Crippen molar-refractivity contribution in [3.8, 4) is 17.2 Å². The van der Waals surface area contributed by atoms with Crippen LogP contribution in [-0.4, -0.2) is 22.6 Å². The van der Waals surface area contributed by atoms with Crippen molar-refractivity contribution >= 4 is 23.3 Å². The second-order valence-electron chi connectivity index (χ2n) is 5.63. The molecule has 0 aliphatic carbocycles. The van der Waals surface area contributed by atoms with Crippen LogP contribution >= 0.6 is 11.6 Å². The summed E-state index contributed by atoms with van der Waals surface area (Å²) >= 11 is 5.95. The number of ether oxygens (including phenoxy) is 1. The average molecular weight is 367 g/mol. The van der Waals surface area contributed by atoms with Gasteiger partial charge in [-0.05, 0) is 35.4 Å². The Morgan fingerprint density at radius 2 is 2.04 bits per heavy atom. The Labute approximate surface area is 155 Å². The van der Waals surface area contributed by atoms with E-state index in [0.29, 0.717) is 28.6 Å². The first-order valence-corrected chi connectivity index (χ1v) is 8.08. The minimum absolute atomic E-state index is 0.327. The molecule has 0 aliphatic heterocycles. The summed E-state index contributed by atoms with van der Waals surface area (Å²) in [6.45, 7) is 0.342. The molecule has 0 bridgehead atoms. The van der Waals surface area contributed by atoms with Crippen LogP contribution in [0.3, 0.4) is 0 Å². The van der Waals surface area contributed by atoms with E-state index in [1.54, 1.807) is 28.8 Å². The van der Waals surface area contributed by atoms with Crippen molar-refractivity contribution in [2.45, 2.75) is 6.54 Å². The van der Waals surface area contributed by atoms with Gasteiger partial charge in [-0.1, -0.05) is 23.7 Å². The van der Waals surface area contributed by atoms with Gasteiger partial charge in [0.2, 0.25) is 0 Å². The average Bonchev–Trinajstić information content (AvgIpc) is 3.08. The zero-order valence-electron chi connectivity index (χ0n) is 13.9. The molecule has 0 spiro atoms. The van der Waals surface area contributed by atoms with E-state index in [2.05, 4.69) is 11.1 Å². The van der Waals surface area contributed by atoms with Crippen LogP contribution in [0.5, 0.6) is 0 Å². The van der Waals surface area contributed by atoms with E-state index in [1.165, 1.54) is 13.3 Å². The topological polar surface area (TPSA) is 93.9 Å². The molecular formula is C19H15ClN4O2. The summed E-state index contributed by atoms with van der Waals surface area (Å²) in [5.74, 6) is -0.455. The first-order valence-electron chi connectivity index (χ1n) is 7.70. The lowest BCUT2D eigenvalue weighted by molar-refractivity contribution is 0.0589. The van der Waals surface area contributed by atoms with Gasteiger partial charge in [0.1, 0.15) is 10.8 Å². The number of nitrogens with two attached hydrogens (primary N) is 1. The highest BCUT2D eigenvalue weighted by Gasteiger charge is 2.16. The highest BCUT2D eigenvalue weighted by molar-refractivity contribution is 6.29. The molecule has 6 nitrogen and oxygen atoms in total. The second-order valence-corrected chi connectivity index (χ2v) is 6.02. The maximum atomic E-state index is 12.2. The van der Waals surface area contributed by atoms with Crippen LogP contribution in [0, 0.1) is 11.3 Å². The summed E-state index contributed by atoms with van der Waals surface area (Å²) in [7, 11) is 1.33. The van der Waals surface area contributed by atoms with Gasteiger partial charge in [-0.3, -0.25) is 0 Å². The van der Waals surface area contributed by atoms with Crippen LogP contribution in [0.15, 0.2) is 48.8 Å². The van der Waals surface area contributed by atoms with Crippen molar-refractivity contribution in [1.29, 1.82) is 5.26 Å². The number of carbonyl (C=O) groups excluding carboxylic acids is 1. The van der Waals surface area contributed by atoms with E-state index >= 15 is 0 Å². The second kappa shape index (κ2) is 7.30. The number of halogens is 1. The standard InChI is InChI=1S/C19H15ClN4O2/c1-26-19(25)17-6-14(13-4-2-12(8-21)3-5-13)10-24(17)11-15-7-18(20)23-9-16(15)22/h2-7,9-10H,11,22H2,1H3. The molecule has 2 aromatic heterocycles. The molecule has 0 aliphatic rings. The van der Waals surface area contributed by atoms with E-state index in [-0.39, 0.29) is 0 Å². The van der Waals surface area contributed by atoms with Gasteiger partial charge in [-0.2, -0.15) is 5.26 Å². The Kier molecular flexibility index (Phi) is 4.92. The maximum Gasteiger partial charge on any atom is 0.354 e. The molecule has 0 saturated carbocycles. The molecule has 1 aromatic carbocycles. The molecule has 2 heterocycles. The lowest BCUT2D eigenvalue weighted by Crippen LogP contribution is -2.11. The van der Waals surface area contributed by atoms with Crippen LogP contribution < -0.4 is 5.73 Å². The molecule has 130 valence electrons. The van der Waals surface area contributed by atoms with Gasteiger partial charge < -0.3 is 15.0 Å². The number of nitrogen functional groups attached to an aromatic ring is 1. The fourth-order valence-electron chi connectivity index (χ4n) is 2.61. The molecule has 0 unspecified atom stereocenters. The summed E-state index contributed by atoms with van der Waals surface area (Å²) in [5, 5.41) is 9.25. The number of nitrogens with zero attached hydrogens (tertiary/aromatic N) is 3. The van der Waals surface area contributed by atoms with E-state index in [0.717, 1.165) is 16.7 Å². The summed E-state index contributed by atoms with van der Waals surface area (Å²) in [6.07, 6.45) is 3.32. The minimum Gasteiger partial charge on any atom is -0.464 e. The van der Waals surface area contributed by atoms with Crippen LogP contribution in [0.25, 0.3) is 11.1 Å². The fourth-order valence-corrected chi connectivity index (χ4v) is 2.79. The Bertz CT molecular complexity index is 1000. The van der Waals surface area contributed by atoms with Crippen LogP contribution in [0.2, 0.25) is 5.15 Å². The smallest absolute Gasteiger partial charge is 0.354 e. The van der Waals surface area contributed by atoms with Crippen molar-refractivity contribution in [3.05, 3.63) is 70.8 Å². The monoisotopic (exact) mass is 366 g/mol. The normalized spacial score (nSPS) is 10.3. The number of aromatic nitrogens is 2. The van der Waals surface area contributed by atoms with Crippen molar-refractivity contribution in [3.63, 3.8) is 0 Å². The number of hydrogen-bond donors (Lipinski definition) is 1. The van der Waals surface area contributed by atoms with Crippen LogP contribution in [-0.2, 0) is 11.3 Å². The minimum atomic E-state index is -0.455. The van der Waals surface area contributed by atoms with E-state index in [4.69, 9.17) is 27.3 Å². The molecule has 2 N–H and O–H groups in total. The lowest BCUT2D eigenvalue weighted by Gasteiger charge is -2.10. The lowest BCUT2D eigenvalue weighted by atomic mass is 10.1. The molecule has 0 saturated heterocycles.